The Morgan fingerprint density at radius 3 is 2.78 bits per heavy atom. The van der Waals surface area contributed by atoms with E-state index in [1.165, 1.54) is 5.56 Å². The number of carbonyl (C=O) groups excluding carboxylic acids is 1. The van der Waals surface area contributed by atoms with Crippen LogP contribution in [0.2, 0.25) is 0 Å². The van der Waals surface area contributed by atoms with Gasteiger partial charge < -0.3 is 10.5 Å². The smallest absolute Gasteiger partial charge is 0.231 e. The van der Waals surface area contributed by atoms with Crippen LogP contribution in [-0.2, 0) is 11.2 Å². The second kappa shape index (κ2) is 5.87. The van der Waals surface area contributed by atoms with Gasteiger partial charge in [-0.1, -0.05) is 12.1 Å². The van der Waals surface area contributed by atoms with Gasteiger partial charge in [-0.05, 0) is 43.5 Å². The van der Waals surface area contributed by atoms with Gasteiger partial charge in [0.25, 0.3) is 0 Å². The molecule has 1 saturated heterocycles. The molecule has 98 valence electrons. The molecule has 1 atom stereocenters. The van der Waals surface area contributed by atoms with E-state index in [1.807, 2.05) is 12.1 Å². The lowest BCUT2D eigenvalue weighted by Crippen LogP contribution is -2.38. The van der Waals surface area contributed by atoms with E-state index in [9.17, 15) is 4.79 Å². The van der Waals surface area contributed by atoms with Gasteiger partial charge in [0.15, 0.2) is 0 Å². The normalized spacial score (nSPS) is 19.9. The van der Waals surface area contributed by atoms with E-state index in [1.54, 1.807) is 7.11 Å². The molecule has 1 heterocycles. The number of methoxy groups -OCH3 is 1. The van der Waals surface area contributed by atoms with Crippen LogP contribution in [0, 0.1) is 0 Å². The number of nitrogens with zero attached hydrogens (tertiary/aromatic N) is 1. The van der Waals surface area contributed by atoms with Crippen molar-refractivity contribution in [1.82, 2.24) is 4.90 Å². The molecular weight excluding hydrogens is 228 g/mol. The van der Waals surface area contributed by atoms with Gasteiger partial charge in [0.1, 0.15) is 5.75 Å². The summed E-state index contributed by atoms with van der Waals surface area (Å²) in [6.07, 6.45) is 3.25. The Morgan fingerprint density at radius 2 is 2.17 bits per heavy atom. The summed E-state index contributed by atoms with van der Waals surface area (Å²) in [5.74, 6) is 0.635. The summed E-state index contributed by atoms with van der Waals surface area (Å²) in [6, 6.07) is 8.55. The molecule has 1 fully saturated rings. The molecule has 1 amide bonds. The van der Waals surface area contributed by atoms with Crippen LogP contribution in [0.3, 0.4) is 0 Å². The number of hydrogen-bond acceptors (Lipinski definition) is 3. The number of ether oxygens (including phenoxy) is 1. The summed E-state index contributed by atoms with van der Waals surface area (Å²) in [7, 11) is 1.67. The highest BCUT2D eigenvalue weighted by molar-refractivity contribution is 5.76. The summed E-state index contributed by atoms with van der Waals surface area (Å²) < 4.78 is 5.14. The van der Waals surface area contributed by atoms with E-state index in [2.05, 4.69) is 17.0 Å². The maximum atomic E-state index is 11.0. The number of carbonyl (C=O) groups is 1. The fourth-order valence-corrected chi connectivity index (χ4v) is 2.57. The molecule has 1 unspecified atom stereocenters. The highest BCUT2D eigenvalue weighted by Gasteiger charge is 2.25. The molecule has 2 rings (SSSR count). The highest BCUT2D eigenvalue weighted by Crippen LogP contribution is 2.21. The van der Waals surface area contributed by atoms with Crippen LogP contribution in [0.4, 0.5) is 0 Å². The van der Waals surface area contributed by atoms with Gasteiger partial charge in [0, 0.05) is 6.04 Å². The molecule has 4 heteroatoms. The van der Waals surface area contributed by atoms with Gasteiger partial charge in [-0.2, -0.15) is 0 Å². The maximum Gasteiger partial charge on any atom is 0.231 e. The standard InChI is InChI=1S/C14H20N2O2/c1-18-13-6-4-11(5-7-13)9-12-3-2-8-16(12)10-14(15)17/h4-7,12H,2-3,8-10H2,1H3,(H2,15,17). The summed E-state index contributed by atoms with van der Waals surface area (Å²) in [5.41, 5.74) is 6.54. The molecule has 4 nitrogen and oxygen atoms in total. The van der Waals surface area contributed by atoms with Crippen molar-refractivity contribution in [2.45, 2.75) is 25.3 Å². The lowest BCUT2D eigenvalue weighted by atomic mass is 10.0. The van der Waals surface area contributed by atoms with Crippen molar-refractivity contribution in [1.29, 1.82) is 0 Å². The highest BCUT2D eigenvalue weighted by atomic mass is 16.5. The van der Waals surface area contributed by atoms with E-state index in [0.717, 1.165) is 31.6 Å². The van der Waals surface area contributed by atoms with Crippen LogP contribution in [0.5, 0.6) is 5.75 Å². The molecule has 1 aromatic rings. The van der Waals surface area contributed by atoms with Crippen LogP contribution < -0.4 is 10.5 Å². The van der Waals surface area contributed by atoms with Crippen LogP contribution in [0.25, 0.3) is 0 Å². The second-order valence-electron chi connectivity index (χ2n) is 4.79. The fraction of sp³-hybridized carbons (Fsp3) is 0.500. The first-order valence-electron chi connectivity index (χ1n) is 6.34. The van der Waals surface area contributed by atoms with E-state index in [-0.39, 0.29) is 5.91 Å². The van der Waals surface area contributed by atoms with Crippen molar-refractivity contribution < 1.29 is 9.53 Å². The van der Waals surface area contributed by atoms with Crippen LogP contribution in [-0.4, -0.2) is 37.0 Å². The number of nitrogens with two attached hydrogens (primary N) is 1. The van der Waals surface area contributed by atoms with Crippen molar-refractivity contribution in [3.63, 3.8) is 0 Å². The Labute approximate surface area is 108 Å². The van der Waals surface area contributed by atoms with E-state index in [4.69, 9.17) is 10.5 Å². The molecule has 1 aliphatic rings. The first kappa shape index (κ1) is 12.9. The SMILES string of the molecule is COc1ccc(CC2CCCN2CC(N)=O)cc1. The van der Waals surface area contributed by atoms with Crippen molar-refractivity contribution >= 4 is 5.91 Å². The van der Waals surface area contributed by atoms with Gasteiger partial charge in [0.05, 0.1) is 13.7 Å². The zero-order chi connectivity index (χ0) is 13.0. The van der Waals surface area contributed by atoms with Gasteiger partial charge in [-0.3, -0.25) is 9.69 Å². The Morgan fingerprint density at radius 1 is 1.44 bits per heavy atom. The van der Waals surface area contributed by atoms with Crippen LogP contribution in [0.1, 0.15) is 18.4 Å². The summed E-state index contributed by atoms with van der Waals surface area (Å²) in [5, 5.41) is 0. The van der Waals surface area contributed by atoms with Gasteiger partial charge in [0.2, 0.25) is 5.91 Å². The minimum absolute atomic E-state index is 0.239. The van der Waals surface area contributed by atoms with Crippen molar-refractivity contribution in [2.24, 2.45) is 5.73 Å². The molecular formula is C14H20N2O2. The predicted molar refractivity (Wildman–Crippen MR) is 70.5 cm³/mol. The Balaban J connectivity index is 1.96. The number of amides is 1. The van der Waals surface area contributed by atoms with Gasteiger partial charge in [-0.15, -0.1) is 0 Å². The molecule has 1 aliphatic heterocycles. The third kappa shape index (κ3) is 3.23. The molecule has 2 N–H and O–H groups in total. The van der Waals surface area contributed by atoms with Gasteiger partial charge >= 0.3 is 0 Å². The molecule has 0 aromatic heterocycles. The molecule has 0 aliphatic carbocycles. The zero-order valence-electron chi connectivity index (χ0n) is 10.8. The van der Waals surface area contributed by atoms with Crippen molar-refractivity contribution in [2.75, 3.05) is 20.2 Å². The molecule has 0 bridgehead atoms. The third-order valence-electron chi connectivity index (χ3n) is 3.49. The van der Waals surface area contributed by atoms with Gasteiger partial charge in [-0.25, -0.2) is 0 Å². The topological polar surface area (TPSA) is 55.6 Å². The minimum atomic E-state index is -0.239. The average molecular weight is 248 g/mol. The number of hydrogen-bond donors (Lipinski definition) is 1. The first-order valence-corrected chi connectivity index (χ1v) is 6.34. The lowest BCUT2D eigenvalue weighted by Gasteiger charge is -2.23. The average Bonchev–Trinajstić information content (AvgIpc) is 2.77. The second-order valence-corrected chi connectivity index (χ2v) is 4.79. The Kier molecular flexibility index (Phi) is 4.20. The number of rotatable bonds is 5. The number of likely N-dealkylation sites (tertiary alicyclic amines) is 1. The lowest BCUT2D eigenvalue weighted by molar-refractivity contribution is -0.119. The number of primary amides is 1. The van der Waals surface area contributed by atoms with Crippen LogP contribution >= 0.6 is 0 Å². The van der Waals surface area contributed by atoms with Crippen molar-refractivity contribution in [3.8, 4) is 5.75 Å². The fourth-order valence-electron chi connectivity index (χ4n) is 2.57. The van der Waals surface area contributed by atoms with Crippen molar-refractivity contribution in [3.05, 3.63) is 29.8 Å². The summed E-state index contributed by atoms with van der Waals surface area (Å²) >= 11 is 0. The first-order chi connectivity index (χ1) is 8.69. The third-order valence-corrected chi connectivity index (χ3v) is 3.49. The molecule has 0 radical (unpaired) electrons. The Hall–Kier alpha value is -1.55. The number of benzene rings is 1. The largest absolute Gasteiger partial charge is 0.497 e. The molecule has 0 saturated carbocycles. The van der Waals surface area contributed by atoms with E-state index < -0.39 is 0 Å². The zero-order valence-corrected chi connectivity index (χ0v) is 10.8. The summed E-state index contributed by atoms with van der Waals surface area (Å²) in [4.78, 5) is 13.2. The monoisotopic (exact) mass is 248 g/mol. The maximum absolute atomic E-state index is 11.0. The quantitative estimate of drug-likeness (QED) is 0.851. The predicted octanol–water partition coefficient (Wildman–Crippen LogP) is 1.19. The minimum Gasteiger partial charge on any atom is -0.497 e. The molecule has 18 heavy (non-hydrogen) atoms. The van der Waals surface area contributed by atoms with E-state index >= 15 is 0 Å². The van der Waals surface area contributed by atoms with Crippen LogP contribution in [0.15, 0.2) is 24.3 Å². The molecule has 1 aromatic carbocycles. The summed E-state index contributed by atoms with van der Waals surface area (Å²) in [6.45, 7) is 1.35. The van der Waals surface area contributed by atoms with E-state index in [0.29, 0.717) is 12.6 Å². The molecule has 0 spiro atoms. The Bertz CT molecular complexity index is 403.